The van der Waals surface area contributed by atoms with E-state index in [1.807, 2.05) is 0 Å². The number of hydrogen-bond acceptors (Lipinski definition) is 0. The SMILES string of the molecule is C=CC1CC1C=CC=CCCC. The van der Waals surface area contributed by atoms with Gasteiger partial charge in [0.2, 0.25) is 0 Å². The summed E-state index contributed by atoms with van der Waals surface area (Å²) in [5.74, 6) is 1.55. The fraction of sp³-hybridized carbons (Fsp3) is 0.500. The van der Waals surface area contributed by atoms with Crippen LogP contribution in [0.1, 0.15) is 26.2 Å². The second kappa shape index (κ2) is 4.97. The maximum Gasteiger partial charge on any atom is -0.0161 e. The molecule has 0 aliphatic heterocycles. The van der Waals surface area contributed by atoms with Gasteiger partial charge in [0.25, 0.3) is 0 Å². The molecular formula is C12H18. The van der Waals surface area contributed by atoms with E-state index in [2.05, 4.69) is 43.9 Å². The highest BCUT2D eigenvalue weighted by Gasteiger charge is 2.30. The van der Waals surface area contributed by atoms with Crippen molar-refractivity contribution >= 4 is 0 Å². The van der Waals surface area contributed by atoms with Gasteiger partial charge in [-0.05, 0) is 24.7 Å². The molecule has 1 fully saturated rings. The molecule has 0 radical (unpaired) electrons. The second-order valence-corrected chi connectivity index (χ2v) is 3.40. The van der Waals surface area contributed by atoms with Gasteiger partial charge in [-0.3, -0.25) is 0 Å². The lowest BCUT2D eigenvalue weighted by Crippen LogP contribution is -1.69. The maximum absolute atomic E-state index is 3.78. The van der Waals surface area contributed by atoms with E-state index < -0.39 is 0 Å². The van der Waals surface area contributed by atoms with Gasteiger partial charge in [-0.15, -0.1) is 6.58 Å². The smallest absolute Gasteiger partial charge is 0.0161 e. The van der Waals surface area contributed by atoms with Gasteiger partial charge in [0.15, 0.2) is 0 Å². The molecule has 0 aromatic rings. The van der Waals surface area contributed by atoms with E-state index in [1.54, 1.807) is 0 Å². The largest absolute Gasteiger partial charge is 0.103 e. The lowest BCUT2D eigenvalue weighted by Gasteiger charge is -1.82. The molecule has 0 N–H and O–H groups in total. The molecule has 12 heavy (non-hydrogen) atoms. The zero-order chi connectivity index (χ0) is 8.81. The summed E-state index contributed by atoms with van der Waals surface area (Å²) in [7, 11) is 0. The van der Waals surface area contributed by atoms with Crippen LogP contribution in [0.25, 0.3) is 0 Å². The van der Waals surface area contributed by atoms with Crippen LogP contribution in [-0.4, -0.2) is 0 Å². The molecule has 0 amide bonds. The Balaban J connectivity index is 2.11. The van der Waals surface area contributed by atoms with Crippen LogP contribution in [0.15, 0.2) is 37.0 Å². The van der Waals surface area contributed by atoms with E-state index in [1.165, 1.54) is 19.3 Å². The van der Waals surface area contributed by atoms with Gasteiger partial charge in [-0.25, -0.2) is 0 Å². The normalized spacial score (nSPS) is 28.4. The minimum absolute atomic E-state index is 0.765. The van der Waals surface area contributed by atoms with Gasteiger partial charge in [-0.2, -0.15) is 0 Å². The van der Waals surface area contributed by atoms with Crippen molar-refractivity contribution in [2.45, 2.75) is 26.2 Å². The van der Waals surface area contributed by atoms with Crippen molar-refractivity contribution in [3.63, 3.8) is 0 Å². The Kier molecular flexibility index (Phi) is 3.86. The molecule has 2 unspecified atom stereocenters. The fourth-order valence-electron chi connectivity index (χ4n) is 1.28. The highest BCUT2D eigenvalue weighted by molar-refractivity contribution is 5.13. The fourth-order valence-corrected chi connectivity index (χ4v) is 1.28. The topological polar surface area (TPSA) is 0 Å². The van der Waals surface area contributed by atoms with E-state index in [9.17, 15) is 0 Å². The molecule has 0 aromatic carbocycles. The molecule has 1 rings (SSSR count). The minimum atomic E-state index is 0.765. The van der Waals surface area contributed by atoms with E-state index >= 15 is 0 Å². The average molecular weight is 162 g/mol. The summed E-state index contributed by atoms with van der Waals surface area (Å²) >= 11 is 0. The van der Waals surface area contributed by atoms with Crippen molar-refractivity contribution < 1.29 is 0 Å². The third-order valence-electron chi connectivity index (χ3n) is 2.25. The Labute approximate surface area is 75.7 Å². The van der Waals surface area contributed by atoms with Crippen LogP contribution in [-0.2, 0) is 0 Å². The van der Waals surface area contributed by atoms with Gasteiger partial charge in [-0.1, -0.05) is 43.7 Å². The zero-order valence-corrected chi connectivity index (χ0v) is 7.87. The van der Waals surface area contributed by atoms with Crippen LogP contribution < -0.4 is 0 Å². The van der Waals surface area contributed by atoms with Gasteiger partial charge in [0.1, 0.15) is 0 Å². The summed E-state index contributed by atoms with van der Waals surface area (Å²) < 4.78 is 0. The van der Waals surface area contributed by atoms with Crippen molar-refractivity contribution in [2.24, 2.45) is 11.8 Å². The van der Waals surface area contributed by atoms with E-state index in [-0.39, 0.29) is 0 Å². The van der Waals surface area contributed by atoms with Crippen LogP contribution in [0, 0.1) is 11.8 Å². The van der Waals surface area contributed by atoms with Crippen LogP contribution in [0.2, 0.25) is 0 Å². The van der Waals surface area contributed by atoms with Crippen molar-refractivity contribution in [3.8, 4) is 0 Å². The summed E-state index contributed by atoms with van der Waals surface area (Å²) in [6, 6.07) is 0. The molecule has 0 heterocycles. The van der Waals surface area contributed by atoms with Gasteiger partial charge in [0.05, 0.1) is 0 Å². The molecule has 1 saturated carbocycles. The van der Waals surface area contributed by atoms with Crippen LogP contribution in [0.4, 0.5) is 0 Å². The van der Waals surface area contributed by atoms with E-state index in [4.69, 9.17) is 0 Å². The summed E-state index contributed by atoms with van der Waals surface area (Å²) in [5.41, 5.74) is 0. The third kappa shape index (κ3) is 3.08. The molecule has 1 aliphatic rings. The first-order valence-electron chi connectivity index (χ1n) is 4.84. The first kappa shape index (κ1) is 9.31. The standard InChI is InChI=1S/C12H18/c1-3-5-6-7-8-9-12-10-11(12)4-2/h4,6-9,11-12H,2-3,5,10H2,1H3. The Morgan fingerprint density at radius 1 is 1.33 bits per heavy atom. The quantitative estimate of drug-likeness (QED) is 0.427. The highest BCUT2D eigenvalue weighted by atomic mass is 14.3. The number of hydrogen-bond donors (Lipinski definition) is 0. The molecule has 0 aromatic heterocycles. The number of unbranched alkanes of at least 4 members (excludes halogenated alkanes) is 1. The monoisotopic (exact) mass is 162 g/mol. The molecular weight excluding hydrogens is 144 g/mol. The second-order valence-electron chi connectivity index (χ2n) is 3.40. The van der Waals surface area contributed by atoms with E-state index in [0.717, 1.165) is 11.8 Å². The van der Waals surface area contributed by atoms with Gasteiger partial charge < -0.3 is 0 Å². The molecule has 66 valence electrons. The molecule has 2 atom stereocenters. The summed E-state index contributed by atoms with van der Waals surface area (Å²) in [5, 5.41) is 0. The highest BCUT2D eigenvalue weighted by Crippen LogP contribution is 2.40. The van der Waals surface area contributed by atoms with Crippen LogP contribution in [0.5, 0.6) is 0 Å². The number of allylic oxidation sites excluding steroid dienone is 5. The Morgan fingerprint density at radius 2 is 2.17 bits per heavy atom. The Morgan fingerprint density at radius 3 is 2.75 bits per heavy atom. The first-order chi connectivity index (χ1) is 5.88. The lowest BCUT2D eigenvalue weighted by molar-refractivity contribution is 0.958. The van der Waals surface area contributed by atoms with E-state index in [0.29, 0.717) is 0 Å². The molecule has 0 nitrogen and oxygen atoms in total. The van der Waals surface area contributed by atoms with Gasteiger partial charge >= 0.3 is 0 Å². The van der Waals surface area contributed by atoms with Crippen molar-refractivity contribution in [2.75, 3.05) is 0 Å². The molecule has 0 saturated heterocycles. The zero-order valence-electron chi connectivity index (χ0n) is 7.87. The summed E-state index contributed by atoms with van der Waals surface area (Å²) in [6.45, 7) is 5.98. The summed E-state index contributed by atoms with van der Waals surface area (Å²) in [6.07, 6.45) is 14.6. The van der Waals surface area contributed by atoms with Crippen molar-refractivity contribution in [1.82, 2.24) is 0 Å². The molecule has 1 aliphatic carbocycles. The number of rotatable bonds is 5. The minimum Gasteiger partial charge on any atom is -0.103 e. The molecule has 0 spiro atoms. The lowest BCUT2D eigenvalue weighted by atomic mass is 10.2. The van der Waals surface area contributed by atoms with Crippen molar-refractivity contribution in [3.05, 3.63) is 37.0 Å². The molecule has 0 heteroatoms. The Hall–Kier alpha value is -0.780. The summed E-state index contributed by atoms with van der Waals surface area (Å²) in [4.78, 5) is 0. The first-order valence-corrected chi connectivity index (χ1v) is 4.84. The predicted molar refractivity (Wildman–Crippen MR) is 55.0 cm³/mol. The Bertz CT molecular complexity index is 186. The maximum atomic E-state index is 3.78. The predicted octanol–water partition coefficient (Wildman–Crippen LogP) is 3.72. The van der Waals surface area contributed by atoms with Crippen LogP contribution >= 0.6 is 0 Å². The average Bonchev–Trinajstić information content (AvgIpc) is 2.83. The molecule has 0 bridgehead atoms. The third-order valence-corrected chi connectivity index (χ3v) is 2.25. The van der Waals surface area contributed by atoms with Gasteiger partial charge in [0, 0.05) is 0 Å². The van der Waals surface area contributed by atoms with Crippen molar-refractivity contribution in [1.29, 1.82) is 0 Å². The van der Waals surface area contributed by atoms with Crippen LogP contribution in [0.3, 0.4) is 0 Å².